The van der Waals surface area contributed by atoms with Crippen molar-refractivity contribution in [2.75, 3.05) is 23.9 Å². The van der Waals surface area contributed by atoms with Crippen molar-refractivity contribution >= 4 is 28.7 Å². The van der Waals surface area contributed by atoms with Crippen molar-refractivity contribution in [2.45, 2.75) is 32.5 Å². The first-order valence-corrected chi connectivity index (χ1v) is 12.2. The van der Waals surface area contributed by atoms with Crippen LogP contribution in [-0.4, -0.2) is 33.7 Å². The van der Waals surface area contributed by atoms with E-state index in [1.807, 2.05) is 50.9 Å². The number of rotatable bonds is 6. The van der Waals surface area contributed by atoms with Gasteiger partial charge in [-0.15, -0.1) is 0 Å². The van der Waals surface area contributed by atoms with Crippen molar-refractivity contribution in [3.63, 3.8) is 0 Å². The van der Waals surface area contributed by atoms with Gasteiger partial charge in [0.15, 0.2) is 5.11 Å². The average Bonchev–Trinajstić information content (AvgIpc) is 3.36. The van der Waals surface area contributed by atoms with E-state index in [-0.39, 0.29) is 12.1 Å². The van der Waals surface area contributed by atoms with Crippen LogP contribution in [0.5, 0.6) is 0 Å². The summed E-state index contributed by atoms with van der Waals surface area (Å²) in [6, 6.07) is 20.9. The van der Waals surface area contributed by atoms with E-state index in [9.17, 15) is 0 Å². The van der Waals surface area contributed by atoms with Gasteiger partial charge in [0.1, 0.15) is 0 Å². The maximum atomic E-state index is 5.91. The topological polar surface area (TPSA) is 49.2 Å². The zero-order chi connectivity index (χ0) is 24.5. The molecule has 4 heterocycles. The van der Waals surface area contributed by atoms with Crippen molar-refractivity contribution < 1.29 is 0 Å². The number of nitrogens with zero attached hydrogens (tertiary/aromatic N) is 5. The number of hydrogen-bond acceptors (Lipinski definition) is 4. The lowest BCUT2D eigenvalue weighted by atomic mass is 9.96. The second-order valence-electron chi connectivity index (χ2n) is 9.18. The molecule has 178 valence electrons. The molecule has 1 fully saturated rings. The third kappa shape index (κ3) is 4.39. The van der Waals surface area contributed by atoms with Crippen molar-refractivity contribution in [1.82, 2.24) is 19.9 Å². The maximum Gasteiger partial charge on any atom is 0.174 e. The number of thiocarbonyl (C=S) groups is 1. The molecule has 1 saturated heterocycles. The first kappa shape index (κ1) is 23.1. The van der Waals surface area contributed by atoms with Crippen LogP contribution in [0.25, 0.3) is 0 Å². The van der Waals surface area contributed by atoms with E-state index >= 15 is 0 Å². The molecule has 5 rings (SSSR count). The molecular weight excluding hydrogens is 452 g/mol. The van der Waals surface area contributed by atoms with E-state index in [1.165, 1.54) is 22.5 Å². The monoisotopic (exact) mass is 482 g/mol. The Balaban J connectivity index is 1.60. The van der Waals surface area contributed by atoms with Gasteiger partial charge in [0.25, 0.3) is 0 Å². The Morgan fingerprint density at radius 2 is 1.80 bits per heavy atom. The summed E-state index contributed by atoms with van der Waals surface area (Å²) in [5, 5.41) is 4.28. The minimum Gasteiger partial charge on any atom is -0.378 e. The summed E-state index contributed by atoms with van der Waals surface area (Å²) in [5.41, 5.74) is 8.04. The SMILES string of the molecule is Cc1cc([C@H]2[C@H](c3ccccn3)NC(=S)N2c2ccc(N(C)C)cc2)c(C)n1Cc1cccnc1. The molecule has 0 bridgehead atoms. The van der Waals surface area contributed by atoms with Gasteiger partial charge in [0.2, 0.25) is 0 Å². The molecule has 1 aliphatic rings. The first-order valence-electron chi connectivity index (χ1n) is 11.8. The van der Waals surface area contributed by atoms with Crippen LogP contribution >= 0.6 is 12.2 Å². The maximum absolute atomic E-state index is 5.91. The highest BCUT2D eigenvalue weighted by Crippen LogP contribution is 2.43. The number of nitrogens with one attached hydrogen (secondary N) is 1. The summed E-state index contributed by atoms with van der Waals surface area (Å²) in [6.07, 6.45) is 5.59. The second-order valence-corrected chi connectivity index (χ2v) is 9.57. The van der Waals surface area contributed by atoms with Gasteiger partial charge in [-0.25, -0.2) is 0 Å². The Morgan fingerprint density at radius 3 is 2.46 bits per heavy atom. The molecule has 6 nitrogen and oxygen atoms in total. The van der Waals surface area contributed by atoms with Gasteiger partial charge in [-0.2, -0.15) is 0 Å². The van der Waals surface area contributed by atoms with Gasteiger partial charge in [-0.05, 0) is 85.7 Å². The molecule has 1 aromatic carbocycles. The highest BCUT2D eigenvalue weighted by molar-refractivity contribution is 7.80. The first-order chi connectivity index (χ1) is 16.9. The van der Waals surface area contributed by atoms with Gasteiger partial charge in [-0.1, -0.05) is 12.1 Å². The van der Waals surface area contributed by atoms with E-state index in [0.29, 0.717) is 5.11 Å². The summed E-state index contributed by atoms with van der Waals surface area (Å²) in [7, 11) is 4.10. The van der Waals surface area contributed by atoms with E-state index in [1.54, 1.807) is 0 Å². The molecule has 1 aliphatic heterocycles. The highest BCUT2D eigenvalue weighted by Gasteiger charge is 2.42. The molecule has 35 heavy (non-hydrogen) atoms. The Hall–Kier alpha value is -3.71. The van der Waals surface area contributed by atoms with Crippen LogP contribution in [0.15, 0.2) is 79.3 Å². The Kier molecular flexibility index (Phi) is 6.26. The summed E-state index contributed by atoms with van der Waals surface area (Å²) in [5.74, 6) is 0. The molecule has 0 saturated carbocycles. The summed E-state index contributed by atoms with van der Waals surface area (Å²) in [4.78, 5) is 13.3. The third-order valence-electron chi connectivity index (χ3n) is 6.74. The molecule has 0 amide bonds. The van der Waals surface area contributed by atoms with Crippen LogP contribution in [0.2, 0.25) is 0 Å². The normalized spacial score (nSPS) is 17.5. The Labute approximate surface area is 212 Å². The Morgan fingerprint density at radius 1 is 1.00 bits per heavy atom. The minimum atomic E-state index is -0.0652. The molecule has 1 N–H and O–H groups in total. The quantitative estimate of drug-likeness (QED) is 0.382. The number of aromatic nitrogens is 3. The number of aryl methyl sites for hydroxylation is 1. The van der Waals surface area contributed by atoms with Crippen molar-refractivity contribution in [3.05, 3.63) is 107 Å². The number of anilines is 2. The lowest BCUT2D eigenvalue weighted by molar-refractivity contribution is 0.563. The third-order valence-corrected chi connectivity index (χ3v) is 7.05. The predicted octanol–water partition coefficient (Wildman–Crippen LogP) is 5.19. The standard InChI is InChI=1S/C28H30N6S/c1-19-16-24(20(2)33(19)18-21-8-7-14-29-17-21)27-26(25-9-5-6-15-30-25)31-28(35)34(27)23-12-10-22(11-13-23)32(3)4/h5-17,26-27H,18H2,1-4H3,(H,31,35)/t26-,27-/m0/s1. The van der Waals surface area contributed by atoms with Crippen LogP contribution in [0.3, 0.4) is 0 Å². The molecule has 7 heteroatoms. The van der Waals surface area contributed by atoms with E-state index < -0.39 is 0 Å². The fraction of sp³-hybridized carbons (Fsp3) is 0.250. The molecule has 2 atom stereocenters. The number of benzene rings is 1. The molecule has 3 aromatic heterocycles. The molecule has 0 radical (unpaired) electrons. The second kappa shape index (κ2) is 9.50. The van der Waals surface area contributed by atoms with Crippen LogP contribution in [-0.2, 0) is 6.54 Å². The molecule has 0 spiro atoms. The fourth-order valence-corrected chi connectivity index (χ4v) is 5.25. The number of pyridine rings is 2. The van der Waals surface area contributed by atoms with Crippen LogP contribution < -0.4 is 15.1 Å². The Bertz CT molecular complexity index is 1320. The lowest BCUT2D eigenvalue weighted by Crippen LogP contribution is -2.29. The summed E-state index contributed by atoms with van der Waals surface area (Å²) < 4.78 is 2.36. The van der Waals surface area contributed by atoms with Crippen LogP contribution in [0.1, 0.15) is 40.3 Å². The van der Waals surface area contributed by atoms with Crippen LogP contribution in [0, 0.1) is 13.8 Å². The van der Waals surface area contributed by atoms with Gasteiger partial charge in [-0.3, -0.25) is 9.97 Å². The molecular formula is C28H30N6S. The van der Waals surface area contributed by atoms with Crippen molar-refractivity contribution in [3.8, 4) is 0 Å². The fourth-order valence-electron chi connectivity index (χ4n) is 4.91. The van der Waals surface area contributed by atoms with E-state index in [0.717, 1.165) is 23.6 Å². The lowest BCUT2D eigenvalue weighted by Gasteiger charge is -2.28. The van der Waals surface area contributed by atoms with Crippen molar-refractivity contribution in [2.24, 2.45) is 0 Å². The number of hydrogen-bond donors (Lipinski definition) is 1. The largest absolute Gasteiger partial charge is 0.378 e. The predicted molar refractivity (Wildman–Crippen MR) is 146 cm³/mol. The molecule has 0 unspecified atom stereocenters. The van der Waals surface area contributed by atoms with E-state index in [2.05, 4.69) is 81.0 Å². The minimum absolute atomic E-state index is 0.0311. The van der Waals surface area contributed by atoms with Crippen molar-refractivity contribution in [1.29, 1.82) is 0 Å². The van der Waals surface area contributed by atoms with Gasteiger partial charge in [0.05, 0.1) is 17.8 Å². The highest BCUT2D eigenvalue weighted by atomic mass is 32.1. The van der Waals surface area contributed by atoms with Gasteiger partial charge >= 0.3 is 0 Å². The zero-order valence-corrected chi connectivity index (χ0v) is 21.3. The van der Waals surface area contributed by atoms with Gasteiger partial charge in [0, 0.05) is 62.0 Å². The van der Waals surface area contributed by atoms with Crippen LogP contribution in [0.4, 0.5) is 11.4 Å². The zero-order valence-electron chi connectivity index (χ0n) is 20.5. The average molecular weight is 483 g/mol. The summed E-state index contributed by atoms with van der Waals surface area (Å²) >= 11 is 5.91. The van der Waals surface area contributed by atoms with Gasteiger partial charge < -0.3 is 19.7 Å². The molecule has 4 aromatic rings. The summed E-state index contributed by atoms with van der Waals surface area (Å²) in [6.45, 7) is 5.14. The molecule has 0 aliphatic carbocycles. The van der Waals surface area contributed by atoms with E-state index in [4.69, 9.17) is 17.2 Å². The smallest absolute Gasteiger partial charge is 0.174 e.